The standard InChI is InChI=1S/C25H23F2N5O3/c1-3-21(35-2)15-5-7-16(8-6-15)22(18-10-9-17(26)13-20(18)27)30-23(33)19-14-28-25(31-24(19)34)32-12-4-11-29-32/h4-14,21-22H,3H2,1-2H3,(H,30,33)(H,28,31,34)/t21?,22-/m1/s1. The maximum absolute atomic E-state index is 14.7. The maximum Gasteiger partial charge on any atom is 0.265 e. The van der Waals surface area contributed by atoms with Crippen LogP contribution in [0.5, 0.6) is 0 Å². The Morgan fingerprint density at radius 3 is 2.51 bits per heavy atom. The lowest BCUT2D eigenvalue weighted by Crippen LogP contribution is -2.34. The van der Waals surface area contributed by atoms with Gasteiger partial charge in [0.25, 0.3) is 11.5 Å². The van der Waals surface area contributed by atoms with Crippen LogP contribution in [0.3, 0.4) is 0 Å². The molecule has 4 rings (SSSR count). The van der Waals surface area contributed by atoms with Crippen LogP contribution in [0.15, 0.2) is 71.9 Å². The highest BCUT2D eigenvalue weighted by Gasteiger charge is 2.23. The molecule has 180 valence electrons. The molecular formula is C25H23F2N5O3. The number of hydrogen-bond donors (Lipinski definition) is 2. The highest BCUT2D eigenvalue weighted by molar-refractivity contribution is 5.94. The first kappa shape index (κ1) is 24.0. The fraction of sp³-hybridized carbons (Fsp3) is 0.200. The van der Waals surface area contributed by atoms with E-state index in [-0.39, 0.29) is 23.2 Å². The number of aromatic amines is 1. The van der Waals surface area contributed by atoms with Gasteiger partial charge in [0, 0.05) is 37.3 Å². The fourth-order valence-electron chi connectivity index (χ4n) is 3.78. The van der Waals surface area contributed by atoms with Crippen LogP contribution in [0, 0.1) is 11.6 Å². The van der Waals surface area contributed by atoms with E-state index in [4.69, 9.17) is 4.74 Å². The third-order valence-electron chi connectivity index (χ3n) is 5.60. The number of halogens is 2. The number of amides is 1. The minimum atomic E-state index is -0.995. The van der Waals surface area contributed by atoms with Gasteiger partial charge in [-0.15, -0.1) is 0 Å². The molecule has 0 fully saturated rings. The zero-order valence-corrected chi connectivity index (χ0v) is 19.0. The second-order valence-electron chi connectivity index (χ2n) is 7.77. The summed E-state index contributed by atoms with van der Waals surface area (Å²) in [5.74, 6) is -2.21. The number of benzene rings is 2. The summed E-state index contributed by atoms with van der Waals surface area (Å²) in [7, 11) is 1.61. The van der Waals surface area contributed by atoms with E-state index < -0.39 is 29.1 Å². The third-order valence-corrected chi connectivity index (χ3v) is 5.60. The molecule has 0 aliphatic rings. The molecule has 1 unspecified atom stereocenters. The van der Waals surface area contributed by atoms with Gasteiger partial charge < -0.3 is 10.1 Å². The Balaban J connectivity index is 1.68. The minimum Gasteiger partial charge on any atom is -0.377 e. The van der Waals surface area contributed by atoms with Gasteiger partial charge in [-0.25, -0.2) is 18.4 Å². The molecule has 8 nitrogen and oxygen atoms in total. The first-order chi connectivity index (χ1) is 16.9. The maximum atomic E-state index is 14.7. The van der Waals surface area contributed by atoms with E-state index in [1.807, 2.05) is 19.1 Å². The summed E-state index contributed by atoms with van der Waals surface area (Å²) in [6, 6.07) is 10.9. The van der Waals surface area contributed by atoms with Gasteiger partial charge in [0.2, 0.25) is 5.95 Å². The summed E-state index contributed by atoms with van der Waals surface area (Å²) in [6.45, 7) is 1.99. The molecular weight excluding hydrogens is 456 g/mol. The van der Waals surface area contributed by atoms with E-state index in [1.54, 1.807) is 31.5 Å². The predicted molar refractivity (Wildman–Crippen MR) is 124 cm³/mol. The van der Waals surface area contributed by atoms with Crippen molar-refractivity contribution in [1.29, 1.82) is 0 Å². The van der Waals surface area contributed by atoms with Crippen LogP contribution in [-0.2, 0) is 4.74 Å². The molecule has 0 radical (unpaired) electrons. The Bertz CT molecular complexity index is 1370. The highest BCUT2D eigenvalue weighted by Crippen LogP contribution is 2.28. The van der Waals surface area contributed by atoms with Crippen molar-refractivity contribution in [1.82, 2.24) is 25.1 Å². The van der Waals surface area contributed by atoms with E-state index in [0.717, 1.165) is 30.3 Å². The number of carbonyl (C=O) groups excluding carboxylic acids is 1. The number of aromatic nitrogens is 4. The monoisotopic (exact) mass is 479 g/mol. The molecule has 2 N–H and O–H groups in total. The predicted octanol–water partition coefficient (Wildman–Crippen LogP) is 3.85. The van der Waals surface area contributed by atoms with Gasteiger partial charge in [0.15, 0.2) is 0 Å². The Kier molecular flexibility index (Phi) is 7.11. The highest BCUT2D eigenvalue weighted by atomic mass is 19.1. The molecule has 0 saturated heterocycles. The summed E-state index contributed by atoms with van der Waals surface area (Å²) in [5, 5.41) is 6.66. The lowest BCUT2D eigenvalue weighted by molar-refractivity contribution is 0.0940. The van der Waals surface area contributed by atoms with Gasteiger partial charge in [-0.05, 0) is 29.7 Å². The van der Waals surface area contributed by atoms with E-state index in [9.17, 15) is 18.4 Å². The van der Waals surface area contributed by atoms with Crippen molar-refractivity contribution in [3.05, 3.63) is 111 Å². The smallest absolute Gasteiger partial charge is 0.265 e. The SMILES string of the molecule is CCC(OC)c1ccc([C@@H](NC(=O)c2cnc(-n3cccn3)[nH]c2=O)c2ccc(F)cc2F)cc1. The molecule has 0 saturated carbocycles. The van der Waals surface area contributed by atoms with Gasteiger partial charge in [-0.1, -0.05) is 37.3 Å². The lowest BCUT2D eigenvalue weighted by Gasteiger charge is -2.21. The molecule has 35 heavy (non-hydrogen) atoms. The number of carbonyl (C=O) groups is 1. The van der Waals surface area contributed by atoms with Crippen LogP contribution >= 0.6 is 0 Å². The van der Waals surface area contributed by atoms with Crippen LogP contribution in [0.4, 0.5) is 8.78 Å². The van der Waals surface area contributed by atoms with Gasteiger partial charge in [-0.3, -0.25) is 14.6 Å². The number of hydrogen-bond acceptors (Lipinski definition) is 5. The van der Waals surface area contributed by atoms with E-state index in [2.05, 4.69) is 20.4 Å². The number of ether oxygens (including phenoxy) is 1. The molecule has 2 aromatic carbocycles. The molecule has 0 aliphatic carbocycles. The Morgan fingerprint density at radius 1 is 1.17 bits per heavy atom. The molecule has 1 amide bonds. The normalized spacial score (nSPS) is 12.8. The zero-order chi connectivity index (χ0) is 24.9. The van der Waals surface area contributed by atoms with Crippen molar-refractivity contribution in [3.8, 4) is 5.95 Å². The zero-order valence-electron chi connectivity index (χ0n) is 19.0. The van der Waals surface area contributed by atoms with E-state index in [1.165, 1.54) is 16.9 Å². The van der Waals surface area contributed by atoms with Crippen molar-refractivity contribution in [2.75, 3.05) is 7.11 Å². The van der Waals surface area contributed by atoms with Crippen molar-refractivity contribution in [3.63, 3.8) is 0 Å². The quantitative estimate of drug-likeness (QED) is 0.400. The number of H-pyrrole nitrogens is 1. The second-order valence-corrected chi connectivity index (χ2v) is 7.77. The Hall–Kier alpha value is -4.18. The molecule has 0 bridgehead atoms. The van der Waals surface area contributed by atoms with Crippen molar-refractivity contribution >= 4 is 5.91 Å². The topological polar surface area (TPSA) is 102 Å². The third kappa shape index (κ3) is 5.17. The van der Waals surface area contributed by atoms with E-state index >= 15 is 0 Å². The van der Waals surface area contributed by atoms with Crippen LogP contribution in [0.25, 0.3) is 5.95 Å². The van der Waals surface area contributed by atoms with Gasteiger partial charge in [-0.2, -0.15) is 5.10 Å². The largest absolute Gasteiger partial charge is 0.377 e. The Labute approximate surface area is 199 Å². The summed E-state index contributed by atoms with van der Waals surface area (Å²) >= 11 is 0. The van der Waals surface area contributed by atoms with Gasteiger partial charge in [0.1, 0.15) is 17.2 Å². The van der Waals surface area contributed by atoms with Crippen molar-refractivity contribution in [2.24, 2.45) is 0 Å². The summed E-state index contributed by atoms with van der Waals surface area (Å²) in [6.07, 6.45) is 4.87. The average molecular weight is 479 g/mol. The first-order valence-corrected chi connectivity index (χ1v) is 10.9. The minimum absolute atomic E-state index is 0.0452. The second kappa shape index (κ2) is 10.4. The molecule has 2 heterocycles. The summed E-state index contributed by atoms with van der Waals surface area (Å²) in [4.78, 5) is 32.2. The van der Waals surface area contributed by atoms with Crippen molar-refractivity contribution in [2.45, 2.75) is 25.5 Å². The molecule has 0 aliphatic heterocycles. The molecule has 2 aromatic heterocycles. The number of methoxy groups -OCH3 is 1. The van der Waals surface area contributed by atoms with Crippen LogP contribution in [0.1, 0.15) is 52.5 Å². The molecule has 4 aromatic rings. The van der Waals surface area contributed by atoms with Crippen LogP contribution in [0.2, 0.25) is 0 Å². The van der Waals surface area contributed by atoms with E-state index in [0.29, 0.717) is 5.56 Å². The number of nitrogens with one attached hydrogen (secondary N) is 2. The van der Waals surface area contributed by atoms with Crippen molar-refractivity contribution < 1.29 is 18.3 Å². The molecule has 0 spiro atoms. The van der Waals surface area contributed by atoms with Crippen LogP contribution in [-0.4, -0.2) is 32.8 Å². The average Bonchev–Trinajstić information content (AvgIpc) is 3.39. The first-order valence-electron chi connectivity index (χ1n) is 10.9. The Morgan fingerprint density at radius 2 is 1.91 bits per heavy atom. The number of nitrogens with zero attached hydrogens (tertiary/aromatic N) is 3. The lowest BCUT2D eigenvalue weighted by atomic mass is 9.95. The number of rotatable bonds is 8. The van der Waals surface area contributed by atoms with Crippen LogP contribution < -0.4 is 10.9 Å². The van der Waals surface area contributed by atoms with Gasteiger partial charge >= 0.3 is 0 Å². The van der Waals surface area contributed by atoms with Gasteiger partial charge in [0.05, 0.1) is 12.1 Å². The summed E-state index contributed by atoms with van der Waals surface area (Å²) in [5.41, 5.74) is 0.538. The molecule has 10 heteroatoms. The fourth-order valence-corrected chi connectivity index (χ4v) is 3.78. The summed E-state index contributed by atoms with van der Waals surface area (Å²) < 4.78 is 35.1. The molecule has 2 atom stereocenters.